The Morgan fingerprint density at radius 1 is 1.00 bits per heavy atom. The number of carbonyl (C=O) groups excluding carboxylic acids is 2. The van der Waals surface area contributed by atoms with Crippen LogP contribution in [0.25, 0.3) is 0 Å². The summed E-state index contributed by atoms with van der Waals surface area (Å²) in [6.07, 6.45) is -2.54. The Hall–Kier alpha value is -4.28. The number of ether oxygens (including phenoxy) is 4. The van der Waals surface area contributed by atoms with E-state index in [-0.39, 0.29) is 35.6 Å². The Bertz CT molecular complexity index is 1690. The lowest BCUT2D eigenvalue weighted by Crippen LogP contribution is -2.32. The second-order valence-electron chi connectivity index (χ2n) is 10.1. The van der Waals surface area contributed by atoms with Crippen molar-refractivity contribution in [1.29, 1.82) is 0 Å². The first-order valence-corrected chi connectivity index (χ1v) is 14.9. The molecule has 0 aliphatic carbocycles. The minimum Gasteiger partial charge on any atom is -0.481 e. The van der Waals surface area contributed by atoms with Crippen LogP contribution < -0.4 is 10.4 Å². The molecule has 0 saturated carbocycles. The summed E-state index contributed by atoms with van der Waals surface area (Å²) in [5, 5.41) is 0. The van der Waals surface area contributed by atoms with Gasteiger partial charge in [0.15, 0.2) is 0 Å². The number of aromatic nitrogens is 2. The summed E-state index contributed by atoms with van der Waals surface area (Å²) in [7, 11) is -4.69. The van der Waals surface area contributed by atoms with E-state index in [2.05, 4.69) is 9.17 Å². The first-order chi connectivity index (χ1) is 21.2. The Morgan fingerprint density at radius 2 is 1.58 bits per heavy atom. The summed E-state index contributed by atoms with van der Waals surface area (Å²) in [5.41, 5.74) is -4.10. The highest BCUT2D eigenvalue weighted by molar-refractivity contribution is 7.87. The van der Waals surface area contributed by atoms with Gasteiger partial charge < -0.3 is 18.9 Å². The third kappa shape index (κ3) is 8.26. The largest absolute Gasteiger partial charge is 0.523 e. The van der Waals surface area contributed by atoms with Crippen LogP contribution in [0.1, 0.15) is 50.1 Å². The lowest BCUT2D eigenvalue weighted by Gasteiger charge is -2.19. The van der Waals surface area contributed by atoms with E-state index >= 15 is 0 Å². The van der Waals surface area contributed by atoms with E-state index in [1.807, 2.05) is 13.8 Å². The second kappa shape index (κ2) is 13.8. The average molecular weight is 655 g/mol. The first kappa shape index (κ1) is 33.6. The molecule has 1 aromatic heterocycles. The van der Waals surface area contributed by atoms with Crippen molar-refractivity contribution in [2.75, 3.05) is 20.3 Å². The molecule has 1 aliphatic rings. The van der Waals surface area contributed by atoms with Crippen LogP contribution in [-0.2, 0) is 34.9 Å². The van der Waals surface area contributed by atoms with Gasteiger partial charge in [-0.25, -0.2) is 14.4 Å². The van der Waals surface area contributed by atoms with Crippen LogP contribution >= 0.6 is 0 Å². The van der Waals surface area contributed by atoms with E-state index < -0.39 is 64.7 Å². The van der Waals surface area contributed by atoms with Crippen LogP contribution in [0.5, 0.6) is 5.88 Å². The third-order valence-corrected chi connectivity index (χ3v) is 7.82. The zero-order valence-corrected chi connectivity index (χ0v) is 25.1. The molecule has 3 aromatic rings. The van der Waals surface area contributed by atoms with Crippen molar-refractivity contribution in [2.45, 2.75) is 50.6 Å². The Kier molecular flexibility index (Phi) is 10.3. The molecule has 0 radical (unpaired) electrons. The summed E-state index contributed by atoms with van der Waals surface area (Å²) in [5.74, 6) is -1.62. The van der Waals surface area contributed by atoms with Crippen LogP contribution in [0.2, 0.25) is 0 Å². The number of hydrogen-bond acceptors (Lipinski definition) is 11. The van der Waals surface area contributed by atoms with E-state index in [1.54, 1.807) is 48.5 Å². The summed E-state index contributed by atoms with van der Waals surface area (Å²) in [6, 6.07) is 13.2. The number of benzene rings is 2. The minimum absolute atomic E-state index is 0.0283. The molecule has 0 amide bonds. The predicted molar refractivity (Wildman–Crippen MR) is 150 cm³/mol. The van der Waals surface area contributed by atoms with Crippen molar-refractivity contribution in [1.82, 2.24) is 9.55 Å². The van der Waals surface area contributed by atoms with Crippen LogP contribution in [0.3, 0.4) is 0 Å². The highest BCUT2D eigenvalue weighted by atomic mass is 32.2. The van der Waals surface area contributed by atoms with Crippen LogP contribution in [-0.4, -0.2) is 67.9 Å². The molecular weight excluding hydrogens is 625 g/mol. The van der Waals surface area contributed by atoms with Gasteiger partial charge in [0, 0.05) is 24.6 Å². The standard InChI is InChI=1S/C29H29F3N2O10S/c1-17-4-8-19(9-5-17)26(35)41-16-23-22(44-27(36)20-10-6-18(2)7-11-20)14-24(43-23)34-15-21(25(40-3)33-28(34)37)12-13-42-45(38,39)29(30,31)32/h4-11,15,22-24H,12-14,16H2,1-3H3/t22-,23+,24+/m0/s1. The molecule has 242 valence electrons. The quantitative estimate of drug-likeness (QED) is 0.169. The minimum atomic E-state index is -5.85. The molecule has 12 nitrogen and oxygen atoms in total. The molecule has 4 rings (SSSR count). The van der Waals surface area contributed by atoms with E-state index in [9.17, 15) is 36.0 Å². The van der Waals surface area contributed by atoms with Gasteiger partial charge in [-0.05, 0) is 38.1 Å². The maximum absolute atomic E-state index is 12.9. The van der Waals surface area contributed by atoms with Crippen molar-refractivity contribution < 1.29 is 54.3 Å². The topological polar surface area (TPSA) is 149 Å². The monoisotopic (exact) mass is 654 g/mol. The molecule has 16 heteroatoms. The maximum Gasteiger partial charge on any atom is 0.523 e. The molecule has 0 unspecified atom stereocenters. The van der Waals surface area contributed by atoms with Gasteiger partial charge in [0.25, 0.3) is 0 Å². The lowest BCUT2D eigenvalue weighted by atomic mass is 10.1. The van der Waals surface area contributed by atoms with Gasteiger partial charge in [0.1, 0.15) is 25.0 Å². The van der Waals surface area contributed by atoms with Crippen molar-refractivity contribution in [3.63, 3.8) is 0 Å². The van der Waals surface area contributed by atoms with Crippen molar-refractivity contribution >= 4 is 22.1 Å². The third-order valence-electron chi connectivity index (χ3n) is 6.78. The number of methoxy groups -OCH3 is 1. The molecule has 45 heavy (non-hydrogen) atoms. The molecular formula is C29H29F3N2O10S. The lowest BCUT2D eigenvalue weighted by molar-refractivity contribution is -0.0584. The zero-order chi connectivity index (χ0) is 32.9. The first-order valence-electron chi connectivity index (χ1n) is 13.5. The average Bonchev–Trinajstić information content (AvgIpc) is 3.38. The SMILES string of the molecule is COc1nc(=O)n([C@H]2C[C@H](OC(=O)c3ccc(C)cc3)[C@@H](COC(=O)c3ccc(C)cc3)O2)cc1CCOS(=O)(=O)C(F)(F)F. The number of aryl methyl sites for hydroxylation is 2. The zero-order valence-electron chi connectivity index (χ0n) is 24.3. The van der Waals surface area contributed by atoms with Crippen molar-refractivity contribution in [2.24, 2.45) is 0 Å². The number of rotatable bonds is 11. The molecule has 3 atom stereocenters. The number of halogens is 3. The Labute approximate surface area is 255 Å². The van der Waals surface area contributed by atoms with Crippen LogP contribution in [0, 0.1) is 13.8 Å². The number of alkyl halides is 3. The van der Waals surface area contributed by atoms with E-state index in [4.69, 9.17) is 18.9 Å². The molecule has 1 saturated heterocycles. The Morgan fingerprint density at radius 3 is 2.13 bits per heavy atom. The van der Waals surface area contributed by atoms with Crippen LogP contribution in [0.15, 0.2) is 59.5 Å². The van der Waals surface area contributed by atoms with Gasteiger partial charge >= 0.3 is 33.3 Å². The number of carbonyl (C=O) groups is 2. The molecule has 0 N–H and O–H groups in total. The predicted octanol–water partition coefficient (Wildman–Crippen LogP) is 3.65. The smallest absolute Gasteiger partial charge is 0.481 e. The second-order valence-corrected chi connectivity index (χ2v) is 11.7. The van der Waals surface area contributed by atoms with Gasteiger partial charge in [-0.3, -0.25) is 8.75 Å². The van der Waals surface area contributed by atoms with Gasteiger partial charge in [0.05, 0.1) is 24.8 Å². The van der Waals surface area contributed by atoms with Gasteiger partial charge in [-0.2, -0.15) is 26.6 Å². The van der Waals surface area contributed by atoms with Gasteiger partial charge in [-0.15, -0.1) is 0 Å². The molecule has 0 spiro atoms. The van der Waals surface area contributed by atoms with E-state index in [0.717, 1.165) is 22.8 Å². The fourth-order valence-corrected chi connectivity index (χ4v) is 4.78. The molecule has 2 aromatic carbocycles. The Balaban J connectivity index is 1.55. The summed E-state index contributed by atoms with van der Waals surface area (Å²) in [6.45, 7) is 2.41. The molecule has 1 aliphatic heterocycles. The number of esters is 2. The molecule has 1 fully saturated rings. The number of hydrogen-bond donors (Lipinski definition) is 0. The molecule has 0 bridgehead atoms. The summed E-state index contributed by atoms with van der Waals surface area (Å²) >= 11 is 0. The van der Waals surface area contributed by atoms with Gasteiger partial charge in [-0.1, -0.05) is 35.4 Å². The summed E-state index contributed by atoms with van der Waals surface area (Å²) in [4.78, 5) is 42.3. The fourth-order valence-electron chi connectivity index (χ4n) is 4.35. The maximum atomic E-state index is 12.9. The summed E-state index contributed by atoms with van der Waals surface area (Å²) < 4.78 is 87.7. The van der Waals surface area contributed by atoms with Crippen molar-refractivity contribution in [3.8, 4) is 5.88 Å². The normalized spacial score (nSPS) is 18.4. The van der Waals surface area contributed by atoms with E-state index in [0.29, 0.717) is 0 Å². The number of nitrogens with zero attached hydrogens (tertiary/aromatic N) is 2. The fraction of sp³-hybridized carbons (Fsp3) is 0.379. The van der Waals surface area contributed by atoms with E-state index in [1.165, 1.54) is 6.20 Å². The van der Waals surface area contributed by atoms with Crippen LogP contribution in [0.4, 0.5) is 13.2 Å². The highest BCUT2D eigenvalue weighted by Gasteiger charge is 2.47. The van der Waals surface area contributed by atoms with Gasteiger partial charge in [0.2, 0.25) is 5.88 Å². The highest BCUT2D eigenvalue weighted by Crippen LogP contribution is 2.32. The molecule has 2 heterocycles. The van der Waals surface area contributed by atoms with Crippen molar-refractivity contribution in [3.05, 3.63) is 93.0 Å².